The van der Waals surface area contributed by atoms with Crippen molar-refractivity contribution < 1.29 is 0 Å². The third-order valence-corrected chi connectivity index (χ3v) is 3.53. The zero-order valence-corrected chi connectivity index (χ0v) is 11.4. The lowest BCUT2D eigenvalue weighted by Crippen LogP contribution is -2.29. The molecule has 0 saturated heterocycles. The van der Waals surface area contributed by atoms with E-state index in [1.54, 1.807) is 0 Å². The molecule has 3 rings (SSSR count). The molecule has 19 heavy (non-hydrogen) atoms. The molecule has 0 fully saturated rings. The number of aliphatic imine (C=N–C) groups is 1. The van der Waals surface area contributed by atoms with Gasteiger partial charge in [-0.15, -0.1) is 0 Å². The van der Waals surface area contributed by atoms with Gasteiger partial charge in [-0.3, -0.25) is 4.99 Å². The van der Waals surface area contributed by atoms with Gasteiger partial charge in [0.05, 0.1) is 11.3 Å². The summed E-state index contributed by atoms with van der Waals surface area (Å²) in [4.78, 5) is 4.92. The van der Waals surface area contributed by atoms with Crippen molar-refractivity contribution in [3.63, 3.8) is 0 Å². The molecule has 0 unspecified atom stereocenters. The molecule has 2 aromatic carbocycles. The van der Waals surface area contributed by atoms with Crippen LogP contribution in [0, 0.1) is 0 Å². The minimum atomic E-state index is -0.0774. The zero-order valence-electron chi connectivity index (χ0n) is 11.4. The Hall–Kier alpha value is -2.09. The van der Waals surface area contributed by atoms with Crippen LogP contribution in [0.4, 0.5) is 5.69 Å². The second kappa shape index (κ2) is 4.23. The van der Waals surface area contributed by atoms with Gasteiger partial charge in [0, 0.05) is 16.8 Å². The minimum Gasteiger partial charge on any atom is -0.398 e. The molecule has 1 heterocycles. The van der Waals surface area contributed by atoms with Gasteiger partial charge in [-0.2, -0.15) is 0 Å². The second-order valence-electron chi connectivity index (χ2n) is 5.69. The molecule has 2 N–H and O–H groups in total. The number of nitrogens with zero attached hydrogens (tertiary/aromatic N) is 1. The van der Waals surface area contributed by atoms with Gasteiger partial charge >= 0.3 is 0 Å². The van der Waals surface area contributed by atoms with Crippen molar-refractivity contribution in [2.24, 2.45) is 4.99 Å². The van der Waals surface area contributed by atoms with Crippen LogP contribution in [0.1, 0.15) is 30.5 Å². The van der Waals surface area contributed by atoms with Gasteiger partial charge in [0.15, 0.2) is 0 Å². The van der Waals surface area contributed by atoms with Gasteiger partial charge in [-0.25, -0.2) is 0 Å². The first-order valence-corrected chi connectivity index (χ1v) is 6.60. The lowest BCUT2D eigenvalue weighted by molar-refractivity contribution is 0.513. The monoisotopic (exact) mass is 250 g/mol. The van der Waals surface area contributed by atoms with Gasteiger partial charge in [0.1, 0.15) is 0 Å². The molecule has 2 aromatic rings. The van der Waals surface area contributed by atoms with E-state index in [1.165, 1.54) is 11.1 Å². The Morgan fingerprint density at radius 3 is 2.32 bits per heavy atom. The topological polar surface area (TPSA) is 38.4 Å². The maximum atomic E-state index is 6.12. The van der Waals surface area contributed by atoms with E-state index in [9.17, 15) is 0 Å². The lowest BCUT2D eigenvalue weighted by Gasteiger charge is -2.29. The van der Waals surface area contributed by atoms with E-state index >= 15 is 0 Å². The van der Waals surface area contributed by atoms with E-state index < -0.39 is 0 Å². The van der Waals surface area contributed by atoms with Gasteiger partial charge in [0.2, 0.25) is 0 Å². The standard InChI is InChI=1S/C17H18N2/c1-17(2)11-12-7-3-4-8-13(12)16(19-17)14-9-5-6-10-15(14)18/h3-10H,11,18H2,1-2H3. The number of nitrogen functional groups attached to an aromatic ring is 1. The fourth-order valence-corrected chi connectivity index (χ4v) is 2.69. The Labute approximate surface area is 114 Å². The fourth-order valence-electron chi connectivity index (χ4n) is 2.69. The smallest absolute Gasteiger partial charge is 0.0749 e. The summed E-state index contributed by atoms with van der Waals surface area (Å²) in [6.07, 6.45) is 0.972. The summed E-state index contributed by atoms with van der Waals surface area (Å²) in [5.41, 5.74) is 11.4. The molecule has 96 valence electrons. The van der Waals surface area contributed by atoms with E-state index in [2.05, 4.69) is 38.1 Å². The number of para-hydroxylation sites is 1. The molecule has 0 bridgehead atoms. The Morgan fingerprint density at radius 1 is 0.947 bits per heavy atom. The van der Waals surface area contributed by atoms with E-state index in [0.29, 0.717) is 0 Å². The van der Waals surface area contributed by atoms with Crippen molar-refractivity contribution in [2.75, 3.05) is 5.73 Å². The van der Waals surface area contributed by atoms with E-state index in [1.807, 2.05) is 24.3 Å². The molecule has 1 aliphatic heterocycles. The molecule has 0 aliphatic carbocycles. The average Bonchev–Trinajstić information content (AvgIpc) is 2.37. The zero-order chi connectivity index (χ0) is 13.5. The first kappa shape index (κ1) is 12.0. The highest BCUT2D eigenvalue weighted by atomic mass is 14.9. The number of benzene rings is 2. The van der Waals surface area contributed by atoms with Crippen LogP contribution in [0.2, 0.25) is 0 Å². The predicted molar refractivity (Wildman–Crippen MR) is 80.7 cm³/mol. The summed E-state index contributed by atoms with van der Waals surface area (Å²) in [7, 11) is 0. The number of fused-ring (bicyclic) bond motifs is 1. The molecule has 0 amide bonds. The molecule has 2 nitrogen and oxygen atoms in total. The van der Waals surface area contributed by atoms with Gasteiger partial charge in [-0.1, -0.05) is 42.5 Å². The number of hydrogen-bond acceptors (Lipinski definition) is 2. The highest BCUT2D eigenvalue weighted by Crippen LogP contribution is 2.30. The van der Waals surface area contributed by atoms with Crippen LogP contribution in [-0.4, -0.2) is 11.3 Å². The molecule has 0 atom stereocenters. The number of hydrogen-bond donors (Lipinski definition) is 1. The van der Waals surface area contributed by atoms with Crippen molar-refractivity contribution >= 4 is 11.4 Å². The highest BCUT2D eigenvalue weighted by molar-refractivity contribution is 6.17. The van der Waals surface area contributed by atoms with Crippen LogP contribution >= 0.6 is 0 Å². The highest BCUT2D eigenvalue weighted by Gasteiger charge is 2.27. The Morgan fingerprint density at radius 2 is 1.58 bits per heavy atom. The van der Waals surface area contributed by atoms with Gasteiger partial charge < -0.3 is 5.73 Å². The Bertz CT molecular complexity index is 654. The SMILES string of the molecule is CC1(C)Cc2ccccc2C(c2ccccc2N)=N1. The average molecular weight is 250 g/mol. The summed E-state index contributed by atoms with van der Waals surface area (Å²) < 4.78 is 0. The summed E-state index contributed by atoms with van der Waals surface area (Å²) in [5.74, 6) is 0. The summed E-state index contributed by atoms with van der Waals surface area (Å²) in [6.45, 7) is 4.34. The van der Waals surface area contributed by atoms with Crippen molar-refractivity contribution in [3.8, 4) is 0 Å². The fraction of sp³-hybridized carbons (Fsp3) is 0.235. The normalized spacial score (nSPS) is 16.6. The molecule has 0 saturated carbocycles. The van der Waals surface area contributed by atoms with Crippen LogP contribution in [-0.2, 0) is 6.42 Å². The summed E-state index contributed by atoms with van der Waals surface area (Å²) in [6, 6.07) is 16.4. The van der Waals surface area contributed by atoms with Crippen molar-refractivity contribution in [2.45, 2.75) is 25.8 Å². The third kappa shape index (κ3) is 2.14. The largest absolute Gasteiger partial charge is 0.398 e. The predicted octanol–water partition coefficient (Wildman–Crippen LogP) is 3.44. The van der Waals surface area contributed by atoms with Crippen molar-refractivity contribution in [3.05, 3.63) is 65.2 Å². The van der Waals surface area contributed by atoms with Crippen molar-refractivity contribution in [1.29, 1.82) is 0 Å². The molecule has 2 heteroatoms. The van der Waals surface area contributed by atoms with Crippen LogP contribution in [0.25, 0.3) is 0 Å². The molecule has 0 aromatic heterocycles. The summed E-state index contributed by atoms with van der Waals surface area (Å²) in [5, 5.41) is 0. The number of nitrogens with two attached hydrogens (primary N) is 1. The van der Waals surface area contributed by atoms with Gasteiger partial charge in [0.25, 0.3) is 0 Å². The first-order valence-electron chi connectivity index (χ1n) is 6.60. The molecule has 1 aliphatic rings. The maximum Gasteiger partial charge on any atom is 0.0749 e. The van der Waals surface area contributed by atoms with Crippen LogP contribution in [0.5, 0.6) is 0 Å². The second-order valence-corrected chi connectivity index (χ2v) is 5.69. The van der Waals surface area contributed by atoms with E-state index in [-0.39, 0.29) is 5.54 Å². The number of anilines is 1. The number of rotatable bonds is 1. The minimum absolute atomic E-state index is 0.0774. The van der Waals surface area contributed by atoms with Crippen molar-refractivity contribution in [1.82, 2.24) is 0 Å². The van der Waals surface area contributed by atoms with Gasteiger partial charge in [-0.05, 0) is 31.9 Å². The lowest BCUT2D eigenvalue weighted by atomic mass is 9.85. The van der Waals surface area contributed by atoms with E-state index in [0.717, 1.165) is 23.4 Å². The summed E-state index contributed by atoms with van der Waals surface area (Å²) >= 11 is 0. The third-order valence-electron chi connectivity index (χ3n) is 3.53. The van der Waals surface area contributed by atoms with Crippen LogP contribution in [0.3, 0.4) is 0 Å². The Balaban J connectivity index is 2.24. The van der Waals surface area contributed by atoms with Crippen LogP contribution < -0.4 is 5.73 Å². The quantitative estimate of drug-likeness (QED) is 0.774. The Kier molecular flexibility index (Phi) is 2.67. The molecular weight excluding hydrogens is 232 g/mol. The molecular formula is C17H18N2. The maximum absolute atomic E-state index is 6.12. The first-order chi connectivity index (χ1) is 9.07. The van der Waals surface area contributed by atoms with Crippen LogP contribution in [0.15, 0.2) is 53.5 Å². The molecule has 0 radical (unpaired) electrons. The molecule has 0 spiro atoms. The van der Waals surface area contributed by atoms with E-state index in [4.69, 9.17) is 10.7 Å².